The number of carbonyl (C=O) groups excluding carboxylic acids is 1. The molecular weight excluding hydrogens is 426 g/mol. The SMILES string of the molecule is O=C1CN(Cc2cc3ccccc3[nH]2)C(c2ccccc2)c2cc(Br)ccc2N1. The number of fused-ring (bicyclic) bond motifs is 2. The number of aromatic amines is 1. The van der Waals surface area contributed by atoms with Crippen molar-refractivity contribution in [2.75, 3.05) is 11.9 Å². The summed E-state index contributed by atoms with van der Waals surface area (Å²) in [5.74, 6) is 0.00288. The number of nitrogens with zero attached hydrogens (tertiary/aromatic N) is 1. The van der Waals surface area contributed by atoms with E-state index >= 15 is 0 Å². The summed E-state index contributed by atoms with van der Waals surface area (Å²) in [7, 11) is 0. The summed E-state index contributed by atoms with van der Waals surface area (Å²) < 4.78 is 0.999. The van der Waals surface area contributed by atoms with E-state index < -0.39 is 0 Å². The van der Waals surface area contributed by atoms with Crippen LogP contribution in [0.1, 0.15) is 22.9 Å². The Hall–Kier alpha value is -2.89. The average molecular weight is 446 g/mol. The second kappa shape index (κ2) is 7.50. The Morgan fingerprint density at radius 2 is 1.76 bits per heavy atom. The fourth-order valence-corrected chi connectivity index (χ4v) is 4.52. The van der Waals surface area contributed by atoms with Gasteiger partial charge in [-0.1, -0.05) is 64.5 Å². The number of carbonyl (C=O) groups is 1. The molecule has 2 heterocycles. The van der Waals surface area contributed by atoms with Crippen molar-refractivity contribution >= 4 is 38.4 Å². The molecule has 0 fully saturated rings. The predicted octanol–water partition coefficient (Wildman–Crippen LogP) is 5.47. The summed E-state index contributed by atoms with van der Waals surface area (Å²) >= 11 is 3.60. The summed E-state index contributed by atoms with van der Waals surface area (Å²) in [5.41, 5.74) is 5.33. The number of rotatable bonds is 3. The summed E-state index contributed by atoms with van der Waals surface area (Å²) in [5, 5.41) is 4.26. The quantitative estimate of drug-likeness (QED) is 0.438. The van der Waals surface area contributed by atoms with Crippen molar-refractivity contribution < 1.29 is 4.79 Å². The van der Waals surface area contributed by atoms with Crippen LogP contribution in [0.5, 0.6) is 0 Å². The Kier molecular flexibility index (Phi) is 4.70. The maximum atomic E-state index is 12.7. The lowest BCUT2D eigenvalue weighted by Crippen LogP contribution is -2.33. The van der Waals surface area contributed by atoms with Crippen LogP contribution in [-0.4, -0.2) is 22.3 Å². The largest absolute Gasteiger partial charge is 0.357 e. The molecule has 3 aromatic carbocycles. The van der Waals surface area contributed by atoms with Crippen molar-refractivity contribution in [2.45, 2.75) is 12.6 Å². The van der Waals surface area contributed by atoms with Crippen LogP contribution >= 0.6 is 15.9 Å². The van der Waals surface area contributed by atoms with Gasteiger partial charge in [-0.3, -0.25) is 9.69 Å². The standard InChI is InChI=1S/C24H20BrN3O/c25-18-10-11-22-20(13-18)24(16-6-2-1-3-7-16)28(15-23(29)27-22)14-19-12-17-8-4-5-9-21(17)26-19/h1-13,24,26H,14-15H2,(H,27,29). The number of aromatic nitrogens is 1. The van der Waals surface area contributed by atoms with E-state index in [0.29, 0.717) is 13.1 Å². The second-order valence-electron chi connectivity index (χ2n) is 7.38. The number of nitrogens with one attached hydrogen (secondary N) is 2. The van der Waals surface area contributed by atoms with Gasteiger partial charge >= 0.3 is 0 Å². The van der Waals surface area contributed by atoms with Gasteiger partial charge in [-0.05, 0) is 46.8 Å². The van der Waals surface area contributed by atoms with Crippen LogP contribution in [0.25, 0.3) is 10.9 Å². The van der Waals surface area contributed by atoms with Gasteiger partial charge in [0, 0.05) is 27.9 Å². The Morgan fingerprint density at radius 1 is 0.966 bits per heavy atom. The molecule has 1 aromatic heterocycles. The smallest absolute Gasteiger partial charge is 0.238 e. The number of amides is 1. The van der Waals surface area contributed by atoms with Crippen molar-refractivity contribution in [3.8, 4) is 0 Å². The Bertz CT molecular complexity index is 1150. The van der Waals surface area contributed by atoms with E-state index in [-0.39, 0.29) is 11.9 Å². The van der Waals surface area contributed by atoms with Gasteiger partial charge in [0.25, 0.3) is 0 Å². The molecule has 0 aliphatic carbocycles. The molecule has 0 saturated heterocycles. The molecule has 0 saturated carbocycles. The first kappa shape index (κ1) is 18.2. The first-order chi connectivity index (χ1) is 14.2. The van der Waals surface area contributed by atoms with Crippen LogP contribution in [-0.2, 0) is 11.3 Å². The molecule has 2 N–H and O–H groups in total. The predicted molar refractivity (Wildman–Crippen MR) is 120 cm³/mol. The zero-order chi connectivity index (χ0) is 19.8. The minimum absolute atomic E-state index is 0.00288. The molecule has 29 heavy (non-hydrogen) atoms. The maximum absolute atomic E-state index is 12.7. The highest BCUT2D eigenvalue weighted by Crippen LogP contribution is 2.38. The van der Waals surface area contributed by atoms with E-state index in [2.05, 4.69) is 67.5 Å². The molecule has 0 radical (unpaired) electrons. The van der Waals surface area contributed by atoms with Crippen molar-refractivity contribution in [3.63, 3.8) is 0 Å². The molecule has 4 nitrogen and oxygen atoms in total. The molecule has 1 aliphatic rings. The van der Waals surface area contributed by atoms with Crippen LogP contribution < -0.4 is 5.32 Å². The summed E-state index contributed by atoms with van der Waals surface area (Å²) in [6.45, 7) is 0.967. The van der Waals surface area contributed by atoms with E-state index in [1.807, 2.05) is 42.5 Å². The lowest BCUT2D eigenvalue weighted by atomic mass is 9.96. The first-order valence-electron chi connectivity index (χ1n) is 9.62. The lowest BCUT2D eigenvalue weighted by molar-refractivity contribution is -0.117. The van der Waals surface area contributed by atoms with E-state index in [9.17, 15) is 4.79 Å². The van der Waals surface area contributed by atoms with Crippen LogP contribution in [0.4, 0.5) is 5.69 Å². The van der Waals surface area contributed by atoms with Crippen LogP contribution in [0.15, 0.2) is 83.3 Å². The molecule has 5 heteroatoms. The minimum Gasteiger partial charge on any atom is -0.357 e. The Morgan fingerprint density at radius 3 is 2.59 bits per heavy atom. The third-order valence-corrected chi connectivity index (χ3v) is 5.86. The molecule has 1 atom stereocenters. The highest BCUT2D eigenvalue weighted by atomic mass is 79.9. The van der Waals surface area contributed by atoms with Crippen molar-refractivity contribution in [1.29, 1.82) is 0 Å². The molecule has 144 valence electrons. The third-order valence-electron chi connectivity index (χ3n) is 5.37. The Labute approximate surface area is 177 Å². The van der Waals surface area contributed by atoms with Crippen LogP contribution in [0, 0.1) is 0 Å². The van der Waals surface area contributed by atoms with Gasteiger partial charge < -0.3 is 10.3 Å². The molecule has 1 unspecified atom stereocenters. The van der Waals surface area contributed by atoms with Gasteiger partial charge in [0.05, 0.1) is 12.6 Å². The second-order valence-corrected chi connectivity index (χ2v) is 8.30. The van der Waals surface area contributed by atoms with Gasteiger partial charge in [-0.15, -0.1) is 0 Å². The third kappa shape index (κ3) is 3.59. The van der Waals surface area contributed by atoms with E-state index in [1.54, 1.807) is 0 Å². The maximum Gasteiger partial charge on any atom is 0.238 e. The fourth-order valence-electron chi connectivity index (χ4n) is 4.15. The normalized spacial score (nSPS) is 17.0. The van der Waals surface area contributed by atoms with Crippen LogP contribution in [0.2, 0.25) is 0 Å². The zero-order valence-electron chi connectivity index (χ0n) is 15.7. The van der Waals surface area contributed by atoms with Crippen molar-refractivity contribution in [1.82, 2.24) is 9.88 Å². The summed E-state index contributed by atoms with van der Waals surface area (Å²) in [4.78, 5) is 18.4. The summed E-state index contributed by atoms with van der Waals surface area (Å²) in [6.07, 6.45) is 0. The number of hydrogen-bond acceptors (Lipinski definition) is 2. The van der Waals surface area contributed by atoms with Gasteiger partial charge in [-0.2, -0.15) is 0 Å². The zero-order valence-corrected chi connectivity index (χ0v) is 17.3. The number of hydrogen-bond donors (Lipinski definition) is 2. The minimum atomic E-state index is -0.0333. The van der Waals surface area contributed by atoms with Gasteiger partial charge in [0.15, 0.2) is 0 Å². The van der Waals surface area contributed by atoms with E-state index in [0.717, 1.165) is 26.9 Å². The summed E-state index contributed by atoms with van der Waals surface area (Å²) in [6, 6.07) is 26.8. The number of H-pyrrole nitrogens is 1. The van der Waals surface area contributed by atoms with E-state index in [1.165, 1.54) is 10.9 Å². The van der Waals surface area contributed by atoms with Crippen molar-refractivity contribution in [3.05, 3.63) is 100 Å². The molecule has 1 amide bonds. The van der Waals surface area contributed by atoms with Gasteiger partial charge in [0.2, 0.25) is 5.91 Å². The molecule has 5 rings (SSSR count). The van der Waals surface area contributed by atoms with Gasteiger partial charge in [0.1, 0.15) is 0 Å². The number of halogens is 1. The van der Waals surface area contributed by atoms with Crippen molar-refractivity contribution in [2.24, 2.45) is 0 Å². The molecular formula is C24H20BrN3O. The monoisotopic (exact) mass is 445 g/mol. The number of anilines is 1. The molecule has 1 aliphatic heterocycles. The first-order valence-corrected chi connectivity index (χ1v) is 10.4. The number of benzene rings is 3. The fraction of sp³-hybridized carbons (Fsp3) is 0.125. The van der Waals surface area contributed by atoms with Crippen LogP contribution in [0.3, 0.4) is 0 Å². The van der Waals surface area contributed by atoms with E-state index in [4.69, 9.17) is 0 Å². The highest BCUT2D eigenvalue weighted by molar-refractivity contribution is 9.10. The molecule has 0 bridgehead atoms. The molecule has 4 aromatic rings. The molecule has 0 spiro atoms. The Balaban J connectivity index is 1.61. The van der Waals surface area contributed by atoms with Gasteiger partial charge in [-0.25, -0.2) is 0 Å². The number of para-hydroxylation sites is 1. The lowest BCUT2D eigenvalue weighted by Gasteiger charge is -2.30. The topological polar surface area (TPSA) is 48.1 Å². The highest BCUT2D eigenvalue weighted by Gasteiger charge is 2.30. The average Bonchev–Trinajstić information content (AvgIpc) is 3.07.